The van der Waals surface area contributed by atoms with Crippen molar-refractivity contribution in [3.8, 4) is 0 Å². The van der Waals surface area contributed by atoms with Crippen LogP contribution in [0.2, 0.25) is 0 Å². The third kappa shape index (κ3) is 15.3. The van der Waals surface area contributed by atoms with Gasteiger partial charge < -0.3 is 74.1 Å². The number of unbranched alkanes of at least 4 members (excludes halogenated alkanes) is 1. The number of hydrogen-bond acceptors (Lipinski definition) is 23. The van der Waals surface area contributed by atoms with Crippen molar-refractivity contribution >= 4 is 75.1 Å². The summed E-state index contributed by atoms with van der Waals surface area (Å²) in [5.74, 6) is -2.36. The fraction of sp³-hybridized carbons (Fsp3) is 0.621. The van der Waals surface area contributed by atoms with E-state index in [4.69, 9.17) is 15.6 Å². The Kier molecular flexibility index (Phi) is 17.9. The van der Waals surface area contributed by atoms with E-state index < -0.39 is 90.0 Å². The summed E-state index contributed by atoms with van der Waals surface area (Å²) in [5, 5.41) is 34.7. The number of nitrogens with one attached hydrogen (secondary N) is 2. The first-order valence-corrected chi connectivity index (χ1v) is 22.5. The molecule has 3 heterocycles. The van der Waals surface area contributed by atoms with Crippen LogP contribution in [0.25, 0.3) is 11.2 Å². The Balaban J connectivity index is 1.48. The maximum atomic E-state index is 12.6. The highest BCUT2D eigenvalue weighted by atomic mass is 32.2. The van der Waals surface area contributed by atoms with Crippen LogP contribution in [0, 0.1) is 5.41 Å². The Morgan fingerprint density at radius 2 is 1.76 bits per heavy atom. The summed E-state index contributed by atoms with van der Waals surface area (Å²) >= 11 is 0.920. The number of phosphoric ester groups is 3. The van der Waals surface area contributed by atoms with Gasteiger partial charge in [0.05, 0.1) is 27.4 Å². The minimum absolute atomic E-state index is 0.0174. The number of carboxylic acid groups (broad SMARTS) is 1. The lowest BCUT2D eigenvalue weighted by atomic mass is 9.87. The monoisotopic (exact) mass is 917 g/mol. The van der Waals surface area contributed by atoms with Crippen LogP contribution in [-0.2, 0) is 61.2 Å². The molecular weight excluding hydrogens is 875 g/mol. The number of fused-ring (bicyclic) bond motifs is 1. The van der Waals surface area contributed by atoms with Crippen LogP contribution in [-0.4, -0.2) is 114 Å². The molecule has 7 atom stereocenters. The smallest absolute Gasteiger partial charge is 0.303 e. The lowest BCUT2D eigenvalue weighted by Crippen LogP contribution is -2.46. The molecule has 2 aromatic heterocycles. The number of phosphoric acid groups is 3. The van der Waals surface area contributed by atoms with E-state index in [1.54, 1.807) is 6.08 Å². The van der Waals surface area contributed by atoms with Crippen molar-refractivity contribution in [2.45, 2.75) is 76.6 Å². The molecule has 1 saturated heterocycles. The largest absolute Gasteiger partial charge is 0.790 e. The molecule has 0 spiro atoms. The second-order valence-corrected chi connectivity index (χ2v) is 18.6. The number of nitrogen functional groups attached to an aromatic ring is 1. The lowest BCUT2D eigenvalue weighted by Gasteiger charge is -2.36. The summed E-state index contributed by atoms with van der Waals surface area (Å²) in [6.45, 7) is 1.04. The van der Waals surface area contributed by atoms with E-state index in [-0.39, 0.29) is 53.8 Å². The standard InChI is InChI=1S/C29H46N7O19P3S/c1-28(2,24(42)27(43)32-10-9-18(37)31-11-12-59-20(40)8-6-4-5-7-19(38)39)14-52-58(49,50)55-57(47,48)51-13-17-22(54-56(44,45)46)23(41)29(3,53-17)36-16-35-21-25(30)33-15-34-26(21)36/h6,8,15-17,22-24,41-42H,4-5,7,9-14H2,1-3H3,(H,31,37)(H,32,43)(H,38,39)(H,47,48)(H,49,50)(H2,30,33,34)(H2,44,45,46)/p-4/b8-6-. The fourth-order valence-electron chi connectivity index (χ4n) is 5.17. The van der Waals surface area contributed by atoms with Crippen LogP contribution in [0.1, 0.15) is 46.5 Å². The Labute approximate surface area is 339 Å². The second kappa shape index (κ2) is 21.0. The summed E-state index contributed by atoms with van der Waals surface area (Å²) in [7, 11) is -17.7. The molecule has 0 aliphatic carbocycles. The number of carboxylic acids is 1. The molecule has 0 radical (unpaired) electrons. The van der Waals surface area contributed by atoms with Crippen molar-refractivity contribution in [1.82, 2.24) is 30.2 Å². The Bertz CT molecular complexity index is 2000. The van der Waals surface area contributed by atoms with Gasteiger partial charge in [0, 0.05) is 37.1 Å². The number of amides is 2. The molecule has 26 nitrogen and oxygen atoms in total. The molecule has 1 aliphatic rings. The number of hydrogen-bond donors (Lipinski definition) is 6. The van der Waals surface area contributed by atoms with Crippen molar-refractivity contribution in [3.63, 3.8) is 0 Å². The molecule has 3 rings (SSSR count). The van der Waals surface area contributed by atoms with E-state index in [1.165, 1.54) is 26.8 Å². The second-order valence-electron chi connectivity index (χ2n) is 13.4. The first-order chi connectivity index (χ1) is 27.3. The molecule has 30 heteroatoms. The average molecular weight is 918 g/mol. The molecule has 0 bridgehead atoms. The van der Waals surface area contributed by atoms with E-state index in [2.05, 4.69) is 43.5 Å². The number of carbonyl (C=O) groups is 4. The number of thioether (sulfide) groups is 1. The van der Waals surface area contributed by atoms with Gasteiger partial charge in [-0.1, -0.05) is 31.7 Å². The summed E-state index contributed by atoms with van der Waals surface area (Å²) in [4.78, 5) is 107. The van der Waals surface area contributed by atoms with E-state index in [0.717, 1.165) is 29.0 Å². The van der Waals surface area contributed by atoms with Crippen molar-refractivity contribution in [2.75, 3.05) is 37.8 Å². The van der Waals surface area contributed by atoms with Crippen LogP contribution in [0.3, 0.4) is 0 Å². The average Bonchev–Trinajstić information content (AvgIpc) is 3.67. The molecule has 7 unspecified atom stereocenters. The van der Waals surface area contributed by atoms with Gasteiger partial charge in [0.2, 0.25) is 16.9 Å². The number of nitrogens with zero attached hydrogens (tertiary/aromatic N) is 4. The molecule has 0 saturated carbocycles. The van der Waals surface area contributed by atoms with Crippen molar-refractivity contribution in [1.29, 1.82) is 0 Å². The van der Waals surface area contributed by atoms with Gasteiger partial charge in [0.15, 0.2) is 17.2 Å². The van der Waals surface area contributed by atoms with E-state index in [0.29, 0.717) is 12.8 Å². The van der Waals surface area contributed by atoms with Crippen molar-refractivity contribution in [3.05, 3.63) is 24.8 Å². The van der Waals surface area contributed by atoms with Crippen LogP contribution >= 0.6 is 35.2 Å². The predicted octanol–water partition coefficient (Wildman–Crippen LogP) is -2.88. The molecule has 1 fully saturated rings. The molecular formula is C29H42N7O19P3S-4. The number of aliphatic hydroxyl groups excluding tert-OH is 2. The van der Waals surface area contributed by atoms with E-state index in [9.17, 15) is 62.7 Å². The van der Waals surface area contributed by atoms with Gasteiger partial charge >= 0.3 is 5.97 Å². The highest BCUT2D eigenvalue weighted by Gasteiger charge is 2.55. The van der Waals surface area contributed by atoms with Crippen LogP contribution in [0.5, 0.6) is 0 Å². The molecule has 59 heavy (non-hydrogen) atoms. The van der Waals surface area contributed by atoms with Gasteiger partial charge in [-0.25, -0.2) is 19.3 Å². The summed E-state index contributed by atoms with van der Waals surface area (Å²) in [6, 6.07) is 0. The zero-order valence-corrected chi connectivity index (χ0v) is 35.0. The van der Waals surface area contributed by atoms with Crippen molar-refractivity contribution < 1.29 is 90.4 Å². The van der Waals surface area contributed by atoms with Gasteiger partial charge in [-0.2, -0.15) is 0 Å². The fourth-order valence-corrected chi connectivity index (χ4v) is 8.49. The number of anilines is 1. The van der Waals surface area contributed by atoms with Crippen LogP contribution < -0.4 is 35.9 Å². The zero-order valence-electron chi connectivity index (χ0n) is 31.5. The number of rotatable bonds is 24. The molecule has 2 aromatic rings. The molecule has 1 aliphatic heterocycles. The van der Waals surface area contributed by atoms with E-state index >= 15 is 0 Å². The third-order valence-electron chi connectivity index (χ3n) is 8.22. The number of imidazole rings is 1. The Hall–Kier alpha value is -3.23. The normalized spacial score (nSPS) is 22.5. The third-order valence-corrected chi connectivity index (χ3v) is 12.1. The Morgan fingerprint density at radius 3 is 2.42 bits per heavy atom. The number of ether oxygens (including phenoxy) is 1. The number of carbonyl (C=O) groups excluding carboxylic acids is 3. The maximum absolute atomic E-state index is 12.6. The first-order valence-electron chi connectivity index (χ1n) is 17.2. The van der Waals surface area contributed by atoms with Gasteiger partial charge in [0.1, 0.15) is 36.3 Å². The van der Waals surface area contributed by atoms with Gasteiger partial charge in [-0.05, 0) is 25.8 Å². The number of allylic oxidation sites excluding steroid dienone is 1. The minimum Gasteiger partial charge on any atom is -0.790 e. The highest BCUT2D eigenvalue weighted by Crippen LogP contribution is 2.56. The molecule has 7 N–H and O–H groups in total. The van der Waals surface area contributed by atoms with E-state index in [1.807, 2.05) is 0 Å². The van der Waals surface area contributed by atoms with Crippen LogP contribution in [0.15, 0.2) is 24.8 Å². The lowest BCUT2D eigenvalue weighted by molar-refractivity contribution is -0.347. The van der Waals surface area contributed by atoms with Gasteiger partial charge in [0.25, 0.3) is 15.6 Å². The predicted molar refractivity (Wildman–Crippen MR) is 193 cm³/mol. The highest BCUT2D eigenvalue weighted by molar-refractivity contribution is 8.14. The summed E-state index contributed by atoms with van der Waals surface area (Å²) < 4.78 is 61.0. The molecule has 332 valence electrons. The number of aliphatic hydroxyl groups is 2. The van der Waals surface area contributed by atoms with Crippen molar-refractivity contribution in [2.24, 2.45) is 5.41 Å². The topological polar surface area (TPSA) is 412 Å². The van der Waals surface area contributed by atoms with Crippen LogP contribution in [0.4, 0.5) is 5.82 Å². The molecule has 0 aromatic carbocycles. The van der Waals surface area contributed by atoms with Gasteiger partial charge in [-0.3, -0.25) is 32.9 Å². The minimum atomic E-state index is -5.95. The molecule has 2 amide bonds. The maximum Gasteiger partial charge on any atom is 0.303 e. The number of aliphatic carboxylic acids is 1. The number of nitrogens with two attached hydrogens (primary N) is 1. The zero-order chi connectivity index (χ0) is 44.4. The summed E-state index contributed by atoms with van der Waals surface area (Å²) in [5.41, 5.74) is 1.96. The SMILES string of the molecule is CC(C)(COP(=O)([O-])OP(=O)([O-])OCC1OC(C)(n2cnc3c(N)ncnc32)C(O)C1OP(=O)([O-])[O-])C(O)C(=O)NCCC(=O)NCCSC(=O)/C=C\CCCC(=O)O. The first kappa shape index (κ1) is 50.1. The quantitative estimate of drug-likeness (QED) is 0.0350. The number of aromatic nitrogens is 4. The summed E-state index contributed by atoms with van der Waals surface area (Å²) in [6.07, 6.45) is -2.56. The van der Waals surface area contributed by atoms with Gasteiger partial charge in [-0.15, -0.1) is 0 Å². The Morgan fingerprint density at radius 1 is 1.08 bits per heavy atom.